The fourth-order valence-electron chi connectivity index (χ4n) is 2.12. The number of rotatable bonds is 2. The lowest BCUT2D eigenvalue weighted by Crippen LogP contribution is -2.45. The van der Waals surface area contributed by atoms with Crippen LogP contribution >= 0.6 is 15.9 Å². The van der Waals surface area contributed by atoms with Gasteiger partial charge in [-0.1, -0.05) is 6.92 Å². The quantitative estimate of drug-likeness (QED) is 0.881. The summed E-state index contributed by atoms with van der Waals surface area (Å²) in [5, 5.41) is 6.01. The summed E-state index contributed by atoms with van der Waals surface area (Å²) in [6.07, 6.45) is 1.94. The number of halogens is 2. The molecule has 3 nitrogen and oxygen atoms in total. The summed E-state index contributed by atoms with van der Waals surface area (Å²) in [6, 6.07) is 4.07. The number of hydrogen-bond acceptors (Lipinski definition) is 2. The molecule has 0 spiro atoms. The summed E-state index contributed by atoms with van der Waals surface area (Å²) < 4.78 is 13.5. The van der Waals surface area contributed by atoms with Gasteiger partial charge in [0.1, 0.15) is 5.82 Å². The van der Waals surface area contributed by atoms with Crippen molar-refractivity contribution >= 4 is 27.5 Å². The van der Waals surface area contributed by atoms with E-state index >= 15 is 0 Å². The van der Waals surface area contributed by atoms with Crippen LogP contribution in [0.1, 0.15) is 19.8 Å². The molecule has 2 unspecified atom stereocenters. The Hall–Kier alpha value is -0.940. The van der Waals surface area contributed by atoms with Crippen LogP contribution in [0, 0.1) is 11.7 Å². The van der Waals surface area contributed by atoms with E-state index in [1.165, 1.54) is 12.1 Å². The van der Waals surface area contributed by atoms with Gasteiger partial charge >= 0.3 is 0 Å². The molecule has 1 aliphatic rings. The van der Waals surface area contributed by atoms with Crippen molar-refractivity contribution in [2.24, 2.45) is 5.92 Å². The van der Waals surface area contributed by atoms with Crippen molar-refractivity contribution in [3.8, 4) is 0 Å². The SMILES string of the molecule is CC1CCNC(C(=O)Nc2ccc(F)cc2Br)C1. The van der Waals surface area contributed by atoms with Crippen LogP contribution in [0.3, 0.4) is 0 Å². The summed E-state index contributed by atoms with van der Waals surface area (Å²) >= 11 is 3.24. The van der Waals surface area contributed by atoms with Crippen molar-refractivity contribution in [2.75, 3.05) is 11.9 Å². The number of anilines is 1. The van der Waals surface area contributed by atoms with Gasteiger partial charge in [0.2, 0.25) is 5.91 Å². The number of piperidine rings is 1. The van der Waals surface area contributed by atoms with Gasteiger partial charge in [0.25, 0.3) is 0 Å². The van der Waals surface area contributed by atoms with E-state index in [4.69, 9.17) is 0 Å². The maximum atomic E-state index is 12.9. The minimum atomic E-state index is -0.329. The molecule has 2 N–H and O–H groups in total. The highest BCUT2D eigenvalue weighted by Gasteiger charge is 2.24. The third-order valence-electron chi connectivity index (χ3n) is 3.17. The fourth-order valence-corrected chi connectivity index (χ4v) is 2.57. The van der Waals surface area contributed by atoms with Crippen LogP contribution in [0.2, 0.25) is 0 Å². The van der Waals surface area contributed by atoms with Gasteiger partial charge < -0.3 is 10.6 Å². The molecular formula is C13H16BrFN2O. The van der Waals surface area contributed by atoms with E-state index in [1.54, 1.807) is 6.07 Å². The molecule has 1 amide bonds. The predicted molar refractivity (Wildman–Crippen MR) is 72.9 cm³/mol. The van der Waals surface area contributed by atoms with E-state index < -0.39 is 0 Å². The zero-order valence-electron chi connectivity index (χ0n) is 10.2. The van der Waals surface area contributed by atoms with Crippen LogP contribution in [-0.4, -0.2) is 18.5 Å². The van der Waals surface area contributed by atoms with Crippen LogP contribution in [0.15, 0.2) is 22.7 Å². The minimum absolute atomic E-state index is 0.0612. The zero-order chi connectivity index (χ0) is 13.1. The first-order valence-corrected chi connectivity index (χ1v) is 6.85. The Morgan fingerprint density at radius 3 is 3.00 bits per heavy atom. The lowest BCUT2D eigenvalue weighted by Gasteiger charge is -2.27. The van der Waals surface area contributed by atoms with E-state index in [2.05, 4.69) is 33.5 Å². The maximum absolute atomic E-state index is 12.9. The molecule has 0 radical (unpaired) electrons. The molecule has 1 saturated heterocycles. The van der Waals surface area contributed by atoms with Crippen molar-refractivity contribution in [1.82, 2.24) is 5.32 Å². The van der Waals surface area contributed by atoms with E-state index in [0.717, 1.165) is 19.4 Å². The van der Waals surface area contributed by atoms with Gasteiger partial charge in [-0.2, -0.15) is 0 Å². The van der Waals surface area contributed by atoms with E-state index in [0.29, 0.717) is 16.1 Å². The first kappa shape index (κ1) is 13.5. The fraction of sp³-hybridized carbons (Fsp3) is 0.462. The number of benzene rings is 1. The Balaban J connectivity index is 2.02. The minimum Gasteiger partial charge on any atom is -0.324 e. The molecule has 1 aliphatic heterocycles. The third-order valence-corrected chi connectivity index (χ3v) is 3.83. The Morgan fingerprint density at radius 2 is 2.33 bits per heavy atom. The largest absolute Gasteiger partial charge is 0.324 e. The van der Waals surface area contributed by atoms with Gasteiger partial charge in [0.15, 0.2) is 0 Å². The van der Waals surface area contributed by atoms with Gasteiger partial charge in [0, 0.05) is 4.47 Å². The summed E-state index contributed by atoms with van der Waals surface area (Å²) in [6.45, 7) is 3.01. The number of nitrogens with one attached hydrogen (secondary N) is 2. The number of carbonyl (C=O) groups excluding carboxylic acids is 1. The van der Waals surface area contributed by atoms with Crippen molar-refractivity contribution in [3.63, 3.8) is 0 Å². The van der Waals surface area contributed by atoms with Gasteiger partial charge in [-0.05, 0) is 59.4 Å². The number of carbonyl (C=O) groups is 1. The average molecular weight is 315 g/mol. The van der Waals surface area contributed by atoms with E-state index in [1.807, 2.05) is 0 Å². The molecule has 0 aliphatic carbocycles. The summed E-state index contributed by atoms with van der Waals surface area (Å²) in [7, 11) is 0. The highest BCUT2D eigenvalue weighted by molar-refractivity contribution is 9.10. The molecule has 0 bridgehead atoms. The molecule has 18 heavy (non-hydrogen) atoms. The topological polar surface area (TPSA) is 41.1 Å². The van der Waals surface area contributed by atoms with Gasteiger partial charge in [-0.25, -0.2) is 4.39 Å². The molecule has 0 saturated carbocycles. The first-order valence-electron chi connectivity index (χ1n) is 6.05. The highest BCUT2D eigenvalue weighted by Crippen LogP contribution is 2.24. The molecule has 98 valence electrons. The second-order valence-corrected chi connectivity index (χ2v) is 5.60. The van der Waals surface area contributed by atoms with Gasteiger partial charge in [-0.3, -0.25) is 4.79 Å². The molecule has 0 aromatic heterocycles. The van der Waals surface area contributed by atoms with E-state index in [9.17, 15) is 9.18 Å². The van der Waals surface area contributed by atoms with E-state index in [-0.39, 0.29) is 17.8 Å². The number of hydrogen-bond donors (Lipinski definition) is 2. The van der Waals surface area contributed by atoms with Crippen LogP contribution in [0.25, 0.3) is 0 Å². The number of amides is 1. The third kappa shape index (κ3) is 3.29. The molecule has 2 rings (SSSR count). The Labute approximate surface area is 114 Å². The summed E-state index contributed by atoms with van der Waals surface area (Å²) in [5.41, 5.74) is 0.599. The van der Waals surface area contributed by atoms with Crippen LogP contribution in [0.5, 0.6) is 0 Å². The average Bonchev–Trinajstić information content (AvgIpc) is 2.32. The molecule has 5 heteroatoms. The first-order chi connectivity index (χ1) is 8.56. The van der Waals surface area contributed by atoms with Crippen molar-refractivity contribution in [3.05, 3.63) is 28.5 Å². The summed E-state index contributed by atoms with van der Waals surface area (Å²) in [4.78, 5) is 12.1. The lowest BCUT2D eigenvalue weighted by atomic mass is 9.94. The summed E-state index contributed by atoms with van der Waals surface area (Å²) in [5.74, 6) is 0.164. The molecule has 1 aromatic rings. The Morgan fingerprint density at radius 1 is 1.56 bits per heavy atom. The highest BCUT2D eigenvalue weighted by atomic mass is 79.9. The molecule has 1 heterocycles. The monoisotopic (exact) mass is 314 g/mol. The molecule has 2 atom stereocenters. The van der Waals surface area contributed by atoms with Crippen LogP contribution in [-0.2, 0) is 4.79 Å². The normalized spacial score (nSPS) is 23.7. The van der Waals surface area contributed by atoms with Crippen LogP contribution in [0.4, 0.5) is 10.1 Å². The Kier molecular flexibility index (Phi) is 4.35. The smallest absolute Gasteiger partial charge is 0.241 e. The Bertz CT molecular complexity index is 453. The van der Waals surface area contributed by atoms with Crippen molar-refractivity contribution in [2.45, 2.75) is 25.8 Å². The molecule has 1 aromatic carbocycles. The van der Waals surface area contributed by atoms with Gasteiger partial charge in [0.05, 0.1) is 11.7 Å². The van der Waals surface area contributed by atoms with Crippen molar-refractivity contribution < 1.29 is 9.18 Å². The standard InChI is InChI=1S/C13H16BrFN2O/c1-8-4-5-16-12(6-8)13(18)17-11-3-2-9(15)7-10(11)14/h2-3,7-8,12,16H,4-6H2,1H3,(H,17,18). The lowest BCUT2D eigenvalue weighted by molar-refractivity contribution is -0.119. The maximum Gasteiger partial charge on any atom is 0.241 e. The van der Waals surface area contributed by atoms with Crippen LogP contribution < -0.4 is 10.6 Å². The van der Waals surface area contributed by atoms with Gasteiger partial charge in [-0.15, -0.1) is 0 Å². The predicted octanol–water partition coefficient (Wildman–Crippen LogP) is 2.91. The van der Waals surface area contributed by atoms with Crippen molar-refractivity contribution in [1.29, 1.82) is 0 Å². The molecule has 1 fully saturated rings. The molecular weight excluding hydrogens is 299 g/mol. The second kappa shape index (κ2) is 5.80. The second-order valence-electron chi connectivity index (χ2n) is 4.75. The zero-order valence-corrected chi connectivity index (χ0v) is 11.8.